The van der Waals surface area contributed by atoms with Crippen LogP contribution in [-0.4, -0.2) is 18.2 Å². The Morgan fingerprint density at radius 1 is 1.32 bits per heavy atom. The lowest BCUT2D eigenvalue weighted by atomic mass is 9.97. The first kappa shape index (κ1) is 11.8. The maximum absolute atomic E-state index is 9.23. The molecule has 3 rings (SSSR count). The van der Waals surface area contributed by atoms with Gasteiger partial charge in [-0.05, 0) is 30.0 Å². The zero-order chi connectivity index (χ0) is 13.2. The van der Waals surface area contributed by atoms with Gasteiger partial charge >= 0.3 is 0 Å². The summed E-state index contributed by atoms with van der Waals surface area (Å²) in [4.78, 5) is 4.38. The molecular weight excluding hydrogens is 240 g/mol. The van der Waals surface area contributed by atoms with Gasteiger partial charge in [0.2, 0.25) is 0 Å². The second kappa shape index (κ2) is 4.77. The van der Waals surface area contributed by atoms with Crippen molar-refractivity contribution >= 4 is 10.8 Å². The number of nitrogens with zero attached hydrogens (tertiary/aromatic N) is 2. The zero-order valence-corrected chi connectivity index (χ0v) is 10.7. The van der Waals surface area contributed by atoms with Gasteiger partial charge in [0.05, 0.1) is 17.7 Å². The van der Waals surface area contributed by atoms with E-state index >= 15 is 0 Å². The molecule has 1 atom stereocenters. The molecule has 0 N–H and O–H groups in total. The van der Waals surface area contributed by atoms with Crippen LogP contribution in [0.4, 0.5) is 0 Å². The van der Waals surface area contributed by atoms with Crippen molar-refractivity contribution < 1.29 is 9.47 Å². The quantitative estimate of drug-likeness (QED) is 0.826. The number of nitriles is 1. The molecule has 1 aliphatic rings. The third kappa shape index (κ3) is 1.97. The minimum Gasteiger partial charge on any atom is -0.486 e. The van der Waals surface area contributed by atoms with Crippen molar-refractivity contribution in [1.29, 1.82) is 5.26 Å². The van der Waals surface area contributed by atoms with Crippen LogP contribution in [0.2, 0.25) is 0 Å². The highest BCUT2D eigenvalue weighted by atomic mass is 16.6. The van der Waals surface area contributed by atoms with E-state index < -0.39 is 0 Å². The van der Waals surface area contributed by atoms with Gasteiger partial charge in [0, 0.05) is 11.6 Å². The molecule has 0 spiro atoms. The monoisotopic (exact) mass is 254 g/mol. The minimum atomic E-state index is -0.189. The first-order chi connectivity index (χ1) is 9.33. The Bertz CT molecular complexity index is 661. The molecule has 0 saturated heterocycles. The fourth-order valence-electron chi connectivity index (χ4n) is 2.36. The predicted molar refractivity (Wildman–Crippen MR) is 71.4 cm³/mol. The van der Waals surface area contributed by atoms with Crippen LogP contribution in [0.25, 0.3) is 10.8 Å². The second-order valence-corrected chi connectivity index (χ2v) is 4.50. The Hall–Kier alpha value is -2.28. The third-order valence-corrected chi connectivity index (χ3v) is 3.35. The average Bonchev–Trinajstić information content (AvgIpc) is 2.46. The number of hydrogen-bond donors (Lipinski definition) is 0. The molecule has 0 radical (unpaired) electrons. The van der Waals surface area contributed by atoms with E-state index in [2.05, 4.69) is 11.1 Å². The van der Waals surface area contributed by atoms with Gasteiger partial charge in [-0.15, -0.1) is 0 Å². The normalized spacial score (nSPS) is 14.9. The van der Waals surface area contributed by atoms with E-state index in [4.69, 9.17) is 9.47 Å². The Morgan fingerprint density at radius 3 is 2.74 bits per heavy atom. The number of hydrogen-bond acceptors (Lipinski definition) is 4. The van der Waals surface area contributed by atoms with Crippen molar-refractivity contribution in [3.63, 3.8) is 0 Å². The predicted octanol–water partition coefficient (Wildman–Crippen LogP) is 3.02. The van der Waals surface area contributed by atoms with E-state index in [9.17, 15) is 5.26 Å². The standard InChI is InChI=1S/C15H14N2O2/c1-2-10(9-16)15-12-8-14-13(18-5-6-19-14)7-11(12)3-4-17-15/h3-4,7-8,10H,2,5-6H2,1H3. The largest absolute Gasteiger partial charge is 0.486 e. The van der Waals surface area contributed by atoms with Crippen LogP contribution in [0.1, 0.15) is 25.0 Å². The molecule has 96 valence electrons. The van der Waals surface area contributed by atoms with E-state index in [0.29, 0.717) is 13.2 Å². The first-order valence-electron chi connectivity index (χ1n) is 6.41. The molecule has 4 nitrogen and oxygen atoms in total. The molecule has 1 aromatic heterocycles. The van der Waals surface area contributed by atoms with Crippen LogP contribution in [-0.2, 0) is 0 Å². The lowest BCUT2D eigenvalue weighted by molar-refractivity contribution is 0.172. The fourth-order valence-corrected chi connectivity index (χ4v) is 2.36. The molecule has 0 saturated carbocycles. The average molecular weight is 254 g/mol. The van der Waals surface area contributed by atoms with Crippen molar-refractivity contribution in [3.8, 4) is 17.6 Å². The van der Waals surface area contributed by atoms with Crippen LogP contribution in [0.5, 0.6) is 11.5 Å². The van der Waals surface area contributed by atoms with E-state index in [1.54, 1.807) is 6.20 Å². The van der Waals surface area contributed by atoms with E-state index in [1.165, 1.54) is 0 Å². The van der Waals surface area contributed by atoms with E-state index in [1.807, 2.05) is 25.1 Å². The van der Waals surface area contributed by atoms with Crippen LogP contribution >= 0.6 is 0 Å². The number of rotatable bonds is 2. The molecular formula is C15H14N2O2. The molecule has 2 heterocycles. The molecule has 0 bridgehead atoms. The van der Waals surface area contributed by atoms with E-state index in [-0.39, 0.29) is 5.92 Å². The number of pyridine rings is 1. The van der Waals surface area contributed by atoms with Crippen molar-refractivity contribution in [1.82, 2.24) is 4.98 Å². The smallest absolute Gasteiger partial charge is 0.162 e. The number of aromatic nitrogens is 1. The Kier molecular flexibility index (Phi) is 2.96. The van der Waals surface area contributed by atoms with Crippen molar-refractivity contribution in [2.75, 3.05) is 13.2 Å². The molecule has 0 fully saturated rings. The van der Waals surface area contributed by atoms with Gasteiger partial charge in [0.15, 0.2) is 11.5 Å². The van der Waals surface area contributed by atoms with Gasteiger partial charge in [-0.1, -0.05) is 6.92 Å². The summed E-state index contributed by atoms with van der Waals surface area (Å²) >= 11 is 0. The van der Waals surface area contributed by atoms with E-state index in [0.717, 1.165) is 34.4 Å². The highest BCUT2D eigenvalue weighted by Gasteiger charge is 2.18. The zero-order valence-electron chi connectivity index (χ0n) is 10.7. The lowest BCUT2D eigenvalue weighted by Gasteiger charge is -2.19. The second-order valence-electron chi connectivity index (χ2n) is 4.50. The molecule has 0 aliphatic carbocycles. The molecule has 1 unspecified atom stereocenters. The maximum atomic E-state index is 9.23. The van der Waals surface area contributed by atoms with Gasteiger partial charge in [-0.2, -0.15) is 5.26 Å². The summed E-state index contributed by atoms with van der Waals surface area (Å²) in [6.07, 6.45) is 2.49. The van der Waals surface area contributed by atoms with Gasteiger partial charge in [-0.3, -0.25) is 4.98 Å². The van der Waals surface area contributed by atoms with Gasteiger partial charge in [0.1, 0.15) is 13.2 Å². The summed E-state index contributed by atoms with van der Waals surface area (Å²) in [7, 11) is 0. The summed E-state index contributed by atoms with van der Waals surface area (Å²) < 4.78 is 11.2. The number of benzene rings is 1. The van der Waals surface area contributed by atoms with Gasteiger partial charge in [-0.25, -0.2) is 0 Å². The van der Waals surface area contributed by atoms with Gasteiger partial charge < -0.3 is 9.47 Å². The summed E-state index contributed by atoms with van der Waals surface area (Å²) in [5.74, 6) is 1.31. The lowest BCUT2D eigenvalue weighted by Crippen LogP contribution is -2.15. The highest BCUT2D eigenvalue weighted by molar-refractivity contribution is 5.88. The van der Waals surface area contributed by atoms with Crippen molar-refractivity contribution in [2.24, 2.45) is 0 Å². The minimum absolute atomic E-state index is 0.189. The number of fused-ring (bicyclic) bond motifs is 2. The van der Waals surface area contributed by atoms with Crippen LogP contribution in [0.3, 0.4) is 0 Å². The Morgan fingerprint density at radius 2 is 2.05 bits per heavy atom. The summed E-state index contributed by atoms with van der Waals surface area (Å²) in [6.45, 7) is 3.13. The fraction of sp³-hybridized carbons (Fsp3) is 0.333. The Balaban J connectivity index is 2.22. The summed E-state index contributed by atoms with van der Waals surface area (Å²) in [5, 5.41) is 11.2. The molecule has 1 aromatic carbocycles. The molecule has 0 amide bonds. The summed E-state index contributed by atoms with van der Waals surface area (Å²) in [6, 6.07) is 8.13. The molecule has 2 aromatic rings. The maximum Gasteiger partial charge on any atom is 0.162 e. The Labute approximate surface area is 111 Å². The number of ether oxygens (including phenoxy) is 2. The van der Waals surface area contributed by atoms with Crippen LogP contribution < -0.4 is 9.47 Å². The first-order valence-corrected chi connectivity index (χ1v) is 6.41. The van der Waals surface area contributed by atoms with Crippen LogP contribution in [0.15, 0.2) is 24.4 Å². The molecule has 19 heavy (non-hydrogen) atoms. The molecule has 4 heteroatoms. The molecule has 1 aliphatic heterocycles. The summed E-state index contributed by atoms with van der Waals surface area (Å²) in [5.41, 5.74) is 0.819. The van der Waals surface area contributed by atoms with Crippen molar-refractivity contribution in [2.45, 2.75) is 19.3 Å². The third-order valence-electron chi connectivity index (χ3n) is 3.35. The van der Waals surface area contributed by atoms with Gasteiger partial charge in [0.25, 0.3) is 0 Å². The topological polar surface area (TPSA) is 55.1 Å². The van der Waals surface area contributed by atoms with Crippen LogP contribution in [0, 0.1) is 11.3 Å². The highest BCUT2D eigenvalue weighted by Crippen LogP contribution is 2.37. The SMILES string of the molecule is CCC(C#N)c1nccc2cc3c(cc12)OCCO3. The van der Waals surface area contributed by atoms with Crippen molar-refractivity contribution in [3.05, 3.63) is 30.1 Å².